The average Bonchev–Trinajstić information content (AvgIpc) is 2.85. The predicted octanol–water partition coefficient (Wildman–Crippen LogP) is -0.161. The SMILES string of the molecule is CC(C)c1nnsc1C(=O)N1C[C@@H](O)[C@@H](O)C1. The molecule has 2 rings (SSSR count). The Kier molecular flexibility index (Phi) is 3.41. The van der Waals surface area contributed by atoms with Crippen molar-refractivity contribution in [1.29, 1.82) is 0 Å². The van der Waals surface area contributed by atoms with E-state index in [4.69, 9.17) is 0 Å². The second-order valence-electron chi connectivity index (χ2n) is 4.49. The van der Waals surface area contributed by atoms with Crippen LogP contribution >= 0.6 is 11.5 Å². The molecule has 0 saturated carbocycles. The molecule has 1 saturated heterocycles. The first-order valence-electron chi connectivity index (χ1n) is 5.48. The van der Waals surface area contributed by atoms with Crippen molar-refractivity contribution in [2.45, 2.75) is 32.0 Å². The lowest BCUT2D eigenvalue weighted by atomic mass is 10.1. The minimum absolute atomic E-state index is 0.130. The molecule has 94 valence electrons. The third-order valence-corrected chi connectivity index (χ3v) is 3.53. The molecule has 1 aromatic heterocycles. The number of carbonyl (C=O) groups is 1. The molecule has 1 fully saturated rings. The van der Waals surface area contributed by atoms with Crippen molar-refractivity contribution in [3.8, 4) is 0 Å². The summed E-state index contributed by atoms with van der Waals surface area (Å²) in [7, 11) is 0. The van der Waals surface area contributed by atoms with E-state index in [-0.39, 0.29) is 24.9 Å². The van der Waals surface area contributed by atoms with Crippen LogP contribution in [0.4, 0.5) is 0 Å². The second kappa shape index (κ2) is 4.67. The zero-order chi connectivity index (χ0) is 12.6. The molecule has 1 aromatic rings. The number of β-amino-alcohol motifs (C(OH)–C–C–N with tert-alkyl or cyclic N) is 2. The first-order valence-corrected chi connectivity index (χ1v) is 6.25. The highest BCUT2D eigenvalue weighted by molar-refractivity contribution is 7.08. The van der Waals surface area contributed by atoms with Crippen molar-refractivity contribution in [3.63, 3.8) is 0 Å². The number of aliphatic hydroxyl groups is 2. The van der Waals surface area contributed by atoms with Gasteiger partial charge in [-0.1, -0.05) is 18.3 Å². The van der Waals surface area contributed by atoms with Gasteiger partial charge < -0.3 is 15.1 Å². The van der Waals surface area contributed by atoms with Gasteiger partial charge in [0.1, 0.15) is 4.88 Å². The Morgan fingerprint density at radius 2 is 2.00 bits per heavy atom. The van der Waals surface area contributed by atoms with E-state index < -0.39 is 12.2 Å². The molecule has 0 bridgehead atoms. The fourth-order valence-corrected chi connectivity index (χ4v) is 2.59. The topological polar surface area (TPSA) is 86.6 Å². The van der Waals surface area contributed by atoms with E-state index in [1.165, 1.54) is 4.90 Å². The molecule has 0 unspecified atom stereocenters. The molecular formula is C10H15N3O3S. The lowest BCUT2D eigenvalue weighted by Crippen LogP contribution is -2.30. The quantitative estimate of drug-likeness (QED) is 0.768. The monoisotopic (exact) mass is 257 g/mol. The van der Waals surface area contributed by atoms with E-state index in [2.05, 4.69) is 9.59 Å². The van der Waals surface area contributed by atoms with Gasteiger partial charge in [-0.05, 0) is 17.5 Å². The van der Waals surface area contributed by atoms with Crippen molar-refractivity contribution in [2.75, 3.05) is 13.1 Å². The van der Waals surface area contributed by atoms with Crippen LogP contribution in [0.2, 0.25) is 0 Å². The highest BCUT2D eigenvalue weighted by Crippen LogP contribution is 2.23. The summed E-state index contributed by atoms with van der Waals surface area (Å²) in [5.41, 5.74) is 0.677. The molecule has 1 aliphatic rings. The summed E-state index contributed by atoms with van der Waals surface area (Å²) >= 11 is 1.06. The van der Waals surface area contributed by atoms with Crippen molar-refractivity contribution in [3.05, 3.63) is 10.6 Å². The summed E-state index contributed by atoms with van der Waals surface area (Å²) in [6.07, 6.45) is -1.72. The summed E-state index contributed by atoms with van der Waals surface area (Å²) in [6.45, 7) is 4.22. The summed E-state index contributed by atoms with van der Waals surface area (Å²) in [5, 5.41) is 22.8. The van der Waals surface area contributed by atoms with Crippen LogP contribution in [-0.2, 0) is 0 Å². The Balaban J connectivity index is 2.18. The minimum atomic E-state index is -0.859. The summed E-state index contributed by atoms with van der Waals surface area (Å²) in [6, 6.07) is 0. The number of rotatable bonds is 2. The fraction of sp³-hybridized carbons (Fsp3) is 0.700. The second-order valence-corrected chi connectivity index (χ2v) is 5.24. The van der Waals surface area contributed by atoms with Crippen LogP contribution in [0.5, 0.6) is 0 Å². The van der Waals surface area contributed by atoms with E-state index in [0.29, 0.717) is 10.6 Å². The third-order valence-electron chi connectivity index (χ3n) is 2.80. The molecule has 17 heavy (non-hydrogen) atoms. The number of hydrogen-bond acceptors (Lipinski definition) is 6. The van der Waals surface area contributed by atoms with Crippen LogP contribution in [0, 0.1) is 0 Å². The van der Waals surface area contributed by atoms with Crippen molar-refractivity contribution < 1.29 is 15.0 Å². The van der Waals surface area contributed by atoms with Crippen LogP contribution in [-0.4, -0.2) is 55.9 Å². The largest absolute Gasteiger partial charge is 0.388 e. The maximum absolute atomic E-state index is 12.2. The van der Waals surface area contributed by atoms with Crippen LogP contribution < -0.4 is 0 Å². The van der Waals surface area contributed by atoms with Crippen molar-refractivity contribution in [2.24, 2.45) is 0 Å². The van der Waals surface area contributed by atoms with E-state index in [1.807, 2.05) is 13.8 Å². The Bertz CT molecular complexity index is 411. The maximum atomic E-state index is 12.2. The van der Waals surface area contributed by atoms with E-state index in [9.17, 15) is 15.0 Å². The van der Waals surface area contributed by atoms with Crippen LogP contribution in [0.25, 0.3) is 0 Å². The van der Waals surface area contributed by atoms with Crippen molar-refractivity contribution >= 4 is 17.4 Å². The van der Waals surface area contributed by atoms with E-state index >= 15 is 0 Å². The molecule has 0 aromatic carbocycles. The Morgan fingerprint density at radius 3 is 2.53 bits per heavy atom. The smallest absolute Gasteiger partial charge is 0.267 e. The van der Waals surface area contributed by atoms with Gasteiger partial charge in [0.25, 0.3) is 5.91 Å². The summed E-state index contributed by atoms with van der Waals surface area (Å²) in [5.74, 6) is -0.0792. The van der Waals surface area contributed by atoms with Gasteiger partial charge in [0.05, 0.1) is 17.9 Å². The standard InChI is InChI=1S/C10H15N3O3S/c1-5(2)8-9(17-12-11-8)10(16)13-3-6(14)7(15)4-13/h5-7,14-15H,3-4H2,1-2H3/t6-,7+. The molecule has 2 atom stereocenters. The van der Waals surface area contributed by atoms with Crippen LogP contribution in [0.15, 0.2) is 0 Å². The molecule has 1 aliphatic heterocycles. The zero-order valence-corrected chi connectivity index (χ0v) is 10.5. The Labute approximate surface area is 103 Å². The van der Waals surface area contributed by atoms with Gasteiger partial charge in [-0.2, -0.15) is 0 Å². The molecule has 1 amide bonds. The van der Waals surface area contributed by atoms with E-state index in [0.717, 1.165) is 11.5 Å². The minimum Gasteiger partial charge on any atom is -0.388 e. The Hall–Kier alpha value is -1.05. The van der Waals surface area contributed by atoms with Crippen LogP contribution in [0.3, 0.4) is 0 Å². The van der Waals surface area contributed by atoms with Gasteiger partial charge in [-0.25, -0.2) is 0 Å². The van der Waals surface area contributed by atoms with Gasteiger partial charge in [0.2, 0.25) is 0 Å². The highest BCUT2D eigenvalue weighted by Gasteiger charge is 2.34. The molecule has 2 heterocycles. The molecule has 0 aliphatic carbocycles. The number of aromatic nitrogens is 2. The van der Waals surface area contributed by atoms with Gasteiger partial charge in [0.15, 0.2) is 0 Å². The maximum Gasteiger partial charge on any atom is 0.267 e. The normalized spacial score (nSPS) is 24.6. The third kappa shape index (κ3) is 2.31. The number of amides is 1. The number of aliphatic hydroxyl groups excluding tert-OH is 2. The molecule has 6 nitrogen and oxygen atoms in total. The first kappa shape index (κ1) is 12.4. The number of likely N-dealkylation sites (tertiary alicyclic amines) is 1. The average molecular weight is 257 g/mol. The van der Waals surface area contributed by atoms with Gasteiger partial charge in [0, 0.05) is 13.1 Å². The van der Waals surface area contributed by atoms with Gasteiger partial charge in [-0.3, -0.25) is 4.79 Å². The summed E-state index contributed by atoms with van der Waals surface area (Å²) in [4.78, 5) is 14.1. The Morgan fingerprint density at radius 1 is 1.41 bits per heavy atom. The lowest BCUT2D eigenvalue weighted by Gasteiger charge is -2.14. The highest BCUT2D eigenvalue weighted by atomic mass is 32.1. The first-order chi connectivity index (χ1) is 8.00. The molecule has 2 N–H and O–H groups in total. The molecule has 7 heteroatoms. The van der Waals surface area contributed by atoms with Gasteiger partial charge >= 0.3 is 0 Å². The molecule has 0 radical (unpaired) electrons. The molecule has 0 spiro atoms. The van der Waals surface area contributed by atoms with Crippen molar-refractivity contribution in [1.82, 2.24) is 14.5 Å². The summed E-state index contributed by atoms with van der Waals surface area (Å²) < 4.78 is 3.79. The van der Waals surface area contributed by atoms with Crippen LogP contribution in [0.1, 0.15) is 35.1 Å². The fourth-order valence-electron chi connectivity index (χ4n) is 1.80. The number of hydrogen-bond donors (Lipinski definition) is 2. The molecular weight excluding hydrogens is 242 g/mol. The number of nitrogens with zero attached hydrogens (tertiary/aromatic N) is 3. The number of carbonyl (C=O) groups excluding carboxylic acids is 1. The predicted molar refractivity (Wildman–Crippen MR) is 61.9 cm³/mol. The van der Waals surface area contributed by atoms with Gasteiger partial charge in [-0.15, -0.1) is 5.10 Å². The zero-order valence-electron chi connectivity index (χ0n) is 9.70. The van der Waals surface area contributed by atoms with E-state index in [1.54, 1.807) is 0 Å². The lowest BCUT2D eigenvalue weighted by molar-refractivity contribution is 0.0572.